The first-order valence-electron chi connectivity index (χ1n) is 5.29. The highest BCUT2D eigenvalue weighted by Crippen LogP contribution is 2.31. The second-order valence-corrected chi connectivity index (χ2v) is 5.24. The van der Waals surface area contributed by atoms with Gasteiger partial charge in [0.1, 0.15) is 11.0 Å². The van der Waals surface area contributed by atoms with Gasteiger partial charge in [-0.3, -0.25) is 4.98 Å². The van der Waals surface area contributed by atoms with Gasteiger partial charge in [0.2, 0.25) is 0 Å². The Bertz CT molecular complexity index is 341. The summed E-state index contributed by atoms with van der Waals surface area (Å²) in [7, 11) is 0. The van der Waals surface area contributed by atoms with Crippen LogP contribution in [-0.4, -0.2) is 23.1 Å². The van der Waals surface area contributed by atoms with Crippen molar-refractivity contribution in [3.63, 3.8) is 0 Å². The molecule has 1 aliphatic rings. The molecule has 2 rings (SSSR count). The SMILES string of the molecule is CC1(C)CCN(c2cncc(Cl)n2)CC1. The summed E-state index contributed by atoms with van der Waals surface area (Å²) in [6.45, 7) is 6.71. The summed E-state index contributed by atoms with van der Waals surface area (Å²) >= 11 is 5.82. The van der Waals surface area contributed by atoms with Gasteiger partial charge >= 0.3 is 0 Å². The van der Waals surface area contributed by atoms with Crippen LogP contribution in [0.4, 0.5) is 5.82 Å². The fourth-order valence-electron chi connectivity index (χ4n) is 1.83. The van der Waals surface area contributed by atoms with Gasteiger partial charge in [0.15, 0.2) is 0 Å². The number of aromatic nitrogens is 2. The molecular formula is C11H16ClN3. The van der Waals surface area contributed by atoms with Crippen LogP contribution in [0.2, 0.25) is 5.15 Å². The molecule has 0 radical (unpaired) electrons. The van der Waals surface area contributed by atoms with Crippen LogP contribution in [0, 0.1) is 5.41 Å². The third-order valence-electron chi connectivity index (χ3n) is 3.03. The van der Waals surface area contributed by atoms with Gasteiger partial charge in [-0.25, -0.2) is 4.98 Å². The maximum Gasteiger partial charge on any atom is 0.149 e. The van der Waals surface area contributed by atoms with Crippen LogP contribution in [0.5, 0.6) is 0 Å². The molecule has 0 atom stereocenters. The molecule has 3 nitrogen and oxygen atoms in total. The molecule has 15 heavy (non-hydrogen) atoms. The molecule has 0 N–H and O–H groups in total. The smallest absolute Gasteiger partial charge is 0.149 e. The predicted molar refractivity (Wildman–Crippen MR) is 62.3 cm³/mol. The molecule has 1 fully saturated rings. The van der Waals surface area contributed by atoms with E-state index in [1.807, 2.05) is 0 Å². The van der Waals surface area contributed by atoms with Crippen molar-refractivity contribution in [1.82, 2.24) is 9.97 Å². The molecule has 4 heteroatoms. The Hall–Kier alpha value is -0.830. The molecule has 1 aromatic rings. The van der Waals surface area contributed by atoms with E-state index in [2.05, 4.69) is 28.7 Å². The molecule has 0 amide bonds. The first kappa shape index (κ1) is 10.7. The number of hydrogen-bond acceptors (Lipinski definition) is 3. The maximum atomic E-state index is 5.82. The number of halogens is 1. The monoisotopic (exact) mass is 225 g/mol. The standard InChI is InChI=1S/C11H16ClN3/c1-11(2)3-5-15(6-4-11)10-8-13-7-9(12)14-10/h7-8H,3-6H2,1-2H3. The van der Waals surface area contributed by atoms with E-state index in [4.69, 9.17) is 11.6 Å². The van der Waals surface area contributed by atoms with E-state index >= 15 is 0 Å². The third kappa shape index (κ3) is 2.59. The Balaban J connectivity index is 2.08. The van der Waals surface area contributed by atoms with E-state index in [-0.39, 0.29) is 0 Å². The highest BCUT2D eigenvalue weighted by molar-refractivity contribution is 6.29. The first-order valence-corrected chi connectivity index (χ1v) is 5.67. The zero-order valence-electron chi connectivity index (χ0n) is 9.20. The lowest BCUT2D eigenvalue weighted by atomic mass is 9.83. The van der Waals surface area contributed by atoms with E-state index < -0.39 is 0 Å². The minimum atomic E-state index is 0.461. The van der Waals surface area contributed by atoms with Crippen molar-refractivity contribution in [2.45, 2.75) is 26.7 Å². The van der Waals surface area contributed by atoms with Crippen LogP contribution in [-0.2, 0) is 0 Å². The molecule has 0 aliphatic carbocycles. The summed E-state index contributed by atoms with van der Waals surface area (Å²) in [5.41, 5.74) is 0.461. The summed E-state index contributed by atoms with van der Waals surface area (Å²) in [5, 5.41) is 0.470. The summed E-state index contributed by atoms with van der Waals surface area (Å²) in [6.07, 6.45) is 5.74. The van der Waals surface area contributed by atoms with Gasteiger partial charge in [-0.15, -0.1) is 0 Å². The second kappa shape index (κ2) is 3.97. The van der Waals surface area contributed by atoms with Crippen molar-refractivity contribution in [1.29, 1.82) is 0 Å². The van der Waals surface area contributed by atoms with Crippen LogP contribution in [0.25, 0.3) is 0 Å². The number of hydrogen-bond donors (Lipinski definition) is 0. The Kier molecular flexibility index (Phi) is 2.83. The molecule has 2 heterocycles. The highest BCUT2D eigenvalue weighted by atomic mass is 35.5. The molecule has 0 spiro atoms. The summed E-state index contributed by atoms with van der Waals surface area (Å²) in [5.74, 6) is 0.901. The van der Waals surface area contributed by atoms with Gasteiger partial charge < -0.3 is 4.90 Å². The average molecular weight is 226 g/mol. The third-order valence-corrected chi connectivity index (χ3v) is 3.22. The topological polar surface area (TPSA) is 29.0 Å². The zero-order valence-corrected chi connectivity index (χ0v) is 9.96. The molecule has 0 aromatic carbocycles. The van der Waals surface area contributed by atoms with Crippen LogP contribution in [0.3, 0.4) is 0 Å². The fourth-order valence-corrected chi connectivity index (χ4v) is 1.97. The number of nitrogens with zero attached hydrogens (tertiary/aromatic N) is 3. The van der Waals surface area contributed by atoms with Gasteiger partial charge in [0.05, 0.1) is 12.4 Å². The van der Waals surface area contributed by atoms with E-state index in [1.165, 1.54) is 12.8 Å². The molecule has 1 aliphatic heterocycles. The van der Waals surface area contributed by atoms with Crippen molar-refractivity contribution in [2.24, 2.45) is 5.41 Å². The lowest BCUT2D eigenvalue weighted by Gasteiger charge is -2.37. The van der Waals surface area contributed by atoms with Crippen LogP contribution in [0.1, 0.15) is 26.7 Å². The Morgan fingerprint density at radius 1 is 1.27 bits per heavy atom. The first-order chi connectivity index (χ1) is 7.07. The van der Waals surface area contributed by atoms with Crippen molar-refractivity contribution >= 4 is 17.4 Å². The van der Waals surface area contributed by atoms with E-state index in [1.54, 1.807) is 12.4 Å². The predicted octanol–water partition coefficient (Wildman–Crippen LogP) is 2.76. The van der Waals surface area contributed by atoms with Crippen molar-refractivity contribution in [3.05, 3.63) is 17.5 Å². The van der Waals surface area contributed by atoms with Gasteiger partial charge in [0, 0.05) is 13.1 Å². The highest BCUT2D eigenvalue weighted by Gasteiger charge is 2.25. The minimum absolute atomic E-state index is 0.461. The number of rotatable bonds is 1. The van der Waals surface area contributed by atoms with Gasteiger partial charge in [-0.1, -0.05) is 25.4 Å². The van der Waals surface area contributed by atoms with Crippen LogP contribution < -0.4 is 4.90 Å². The molecule has 0 bridgehead atoms. The average Bonchev–Trinajstić information content (AvgIpc) is 2.17. The molecular weight excluding hydrogens is 210 g/mol. The van der Waals surface area contributed by atoms with Gasteiger partial charge in [0.25, 0.3) is 0 Å². The van der Waals surface area contributed by atoms with Crippen LogP contribution >= 0.6 is 11.6 Å². The fraction of sp³-hybridized carbons (Fsp3) is 0.636. The Labute approximate surface area is 95.5 Å². The van der Waals surface area contributed by atoms with Crippen LogP contribution in [0.15, 0.2) is 12.4 Å². The molecule has 1 saturated heterocycles. The Morgan fingerprint density at radius 2 is 1.93 bits per heavy atom. The summed E-state index contributed by atoms with van der Waals surface area (Å²) < 4.78 is 0. The zero-order chi connectivity index (χ0) is 10.9. The van der Waals surface area contributed by atoms with E-state index in [0.717, 1.165) is 18.9 Å². The molecule has 0 saturated carbocycles. The molecule has 82 valence electrons. The molecule has 1 aromatic heterocycles. The number of piperidine rings is 1. The largest absolute Gasteiger partial charge is 0.355 e. The summed E-state index contributed by atoms with van der Waals surface area (Å²) in [6, 6.07) is 0. The maximum absolute atomic E-state index is 5.82. The van der Waals surface area contributed by atoms with Gasteiger partial charge in [-0.05, 0) is 18.3 Å². The number of anilines is 1. The van der Waals surface area contributed by atoms with Crippen molar-refractivity contribution in [3.8, 4) is 0 Å². The quantitative estimate of drug-likeness (QED) is 0.736. The Morgan fingerprint density at radius 3 is 2.53 bits per heavy atom. The van der Waals surface area contributed by atoms with Gasteiger partial charge in [-0.2, -0.15) is 0 Å². The minimum Gasteiger partial charge on any atom is -0.355 e. The molecule has 0 unspecified atom stereocenters. The van der Waals surface area contributed by atoms with Crippen molar-refractivity contribution in [2.75, 3.05) is 18.0 Å². The normalized spacial score (nSPS) is 20.3. The second-order valence-electron chi connectivity index (χ2n) is 4.85. The van der Waals surface area contributed by atoms with E-state index in [0.29, 0.717) is 10.6 Å². The van der Waals surface area contributed by atoms with Crippen molar-refractivity contribution < 1.29 is 0 Å². The summed E-state index contributed by atoms with van der Waals surface area (Å²) in [4.78, 5) is 10.6. The lowest BCUT2D eigenvalue weighted by molar-refractivity contribution is 0.279. The lowest BCUT2D eigenvalue weighted by Crippen LogP contribution is -2.37. The van der Waals surface area contributed by atoms with E-state index in [9.17, 15) is 0 Å².